The molecular weight excluding hydrogens is 416 g/mol. The number of rotatable bonds is 7. The van der Waals surface area contributed by atoms with E-state index in [2.05, 4.69) is 20.4 Å². The van der Waals surface area contributed by atoms with Crippen molar-refractivity contribution in [2.75, 3.05) is 26.2 Å². The first-order chi connectivity index (χ1) is 15.1. The molecule has 1 amide bonds. The smallest absolute Gasteiger partial charge is 0.253 e. The van der Waals surface area contributed by atoms with E-state index in [4.69, 9.17) is 16.3 Å². The molecule has 0 radical (unpaired) electrons. The molecule has 0 unspecified atom stereocenters. The Hall–Kier alpha value is -2.97. The molecule has 1 aliphatic rings. The Morgan fingerprint density at radius 1 is 1.06 bits per heavy atom. The lowest BCUT2D eigenvalue weighted by Gasteiger charge is -2.35. The third kappa shape index (κ3) is 5.21. The van der Waals surface area contributed by atoms with Crippen LogP contribution in [0.1, 0.15) is 28.7 Å². The second kappa shape index (κ2) is 9.89. The molecule has 1 fully saturated rings. The summed E-state index contributed by atoms with van der Waals surface area (Å²) in [6, 6.07) is 15.1. The van der Waals surface area contributed by atoms with E-state index in [0.29, 0.717) is 36.8 Å². The number of carbonyl (C=O) groups excluding carboxylic acids is 1. The van der Waals surface area contributed by atoms with Gasteiger partial charge in [0.2, 0.25) is 0 Å². The van der Waals surface area contributed by atoms with Gasteiger partial charge in [0.05, 0.1) is 0 Å². The molecule has 0 N–H and O–H groups in total. The second-order valence-corrected chi connectivity index (χ2v) is 7.79. The largest absolute Gasteiger partial charge is 0.486 e. The standard InChI is InChI=1S/C22H25ClN6O2/c1-2-29-21(24-25-26-29)16-31-19-9-7-17(8-10-19)22(30)28-13-11-27(12-14-28)15-18-5-3-4-6-20(18)23/h3-10H,2,11-16H2,1H3. The summed E-state index contributed by atoms with van der Waals surface area (Å²) in [7, 11) is 0. The van der Waals surface area contributed by atoms with Crippen molar-refractivity contribution in [1.82, 2.24) is 30.0 Å². The van der Waals surface area contributed by atoms with Gasteiger partial charge in [-0.15, -0.1) is 5.10 Å². The highest BCUT2D eigenvalue weighted by Crippen LogP contribution is 2.19. The van der Waals surface area contributed by atoms with Gasteiger partial charge in [-0.05, 0) is 53.2 Å². The van der Waals surface area contributed by atoms with Gasteiger partial charge in [0.25, 0.3) is 5.91 Å². The molecule has 1 saturated heterocycles. The summed E-state index contributed by atoms with van der Waals surface area (Å²) in [5, 5.41) is 12.3. The maximum absolute atomic E-state index is 12.9. The van der Waals surface area contributed by atoms with Crippen LogP contribution in [0.25, 0.3) is 0 Å². The molecule has 0 bridgehead atoms. The van der Waals surface area contributed by atoms with Gasteiger partial charge in [-0.2, -0.15) is 0 Å². The number of halogens is 1. The number of aromatic nitrogens is 4. The quantitative estimate of drug-likeness (QED) is 0.562. The molecule has 4 rings (SSSR count). The minimum absolute atomic E-state index is 0.0406. The number of hydrogen-bond acceptors (Lipinski definition) is 6. The van der Waals surface area contributed by atoms with Gasteiger partial charge in [0.1, 0.15) is 12.4 Å². The van der Waals surface area contributed by atoms with E-state index in [-0.39, 0.29) is 12.5 Å². The van der Waals surface area contributed by atoms with Crippen molar-refractivity contribution in [2.24, 2.45) is 0 Å². The number of piperazine rings is 1. The van der Waals surface area contributed by atoms with Crippen LogP contribution in [0, 0.1) is 0 Å². The van der Waals surface area contributed by atoms with E-state index in [1.54, 1.807) is 28.9 Å². The van der Waals surface area contributed by atoms with Crippen LogP contribution in [-0.2, 0) is 19.7 Å². The Morgan fingerprint density at radius 2 is 1.81 bits per heavy atom. The molecule has 0 saturated carbocycles. The Morgan fingerprint density at radius 3 is 2.52 bits per heavy atom. The number of nitrogens with zero attached hydrogens (tertiary/aromatic N) is 6. The van der Waals surface area contributed by atoms with Crippen molar-refractivity contribution in [3.05, 3.63) is 70.5 Å². The maximum atomic E-state index is 12.9. The minimum Gasteiger partial charge on any atom is -0.486 e. The van der Waals surface area contributed by atoms with Crippen LogP contribution < -0.4 is 4.74 Å². The highest BCUT2D eigenvalue weighted by atomic mass is 35.5. The SMILES string of the molecule is CCn1nnnc1COc1ccc(C(=O)N2CCN(Cc3ccccc3Cl)CC2)cc1. The summed E-state index contributed by atoms with van der Waals surface area (Å²) in [6.07, 6.45) is 0. The second-order valence-electron chi connectivity index (χ2n) is 7.38. The van der Waals surface area contributed by atoms with E-state index in [1.807, 2.05) is 36.1 Å². The van der Waals surface area contributed by atoms with Crippen molar-refractivity contribution < 1.29 is 9.53 Å². The number of carbonyl (C=O) groups is 1. The lowest BCUT2D eigenvalue weighted by Crippen LogP contribution is -2.48. The monoisotopic (exact) mass is 440 g/mol. The highest BCUT2D eigenvalue weighted by Gasteiger charge is 2.22. The zero-order valence-electron chi connectivity index (χ0n) is 17.4. The Bertz CT molecular complexity index is 1010. The first-order valence-electron chi connectivity index (χ1n) is 10.4. The zero-order chi connectivity index (χ0) is 21.6. The fraction of sp³-hybridized carbons (Fsp3) is 0.364. The molecule has 1 aliphatic heterocycles. The van der Waals surface area contributed by atoms with Gasteiger partial charge in [-0.25, -0.2) is 4.68 Å². The van der Waals surface area contributed by atoms with Gasteiger partial charge in [-0.1, -0.05) is 29.8 Å². The maximum Gasteiger partial charge on any atom is 0.253 e. The molecule has 1 aromatic heterocycles. The molecular formula is C22H25ClN6O2. The van der Waals surface area contributed by atoms with E-state index in [0.717, 1.165) is 30.2 Å². The van der Waals surface area contributed by atoms with Gasteiger partial charge in [0, 0.05) is 49.9 Å². The van der Waals surface area contributed by atoms with Crippen LogP contribution in [0.5, 0.6) is 5.75 Å². The third-order valence-electron chi connectivity index (χ3n) is 5.39. The van der Waals surface area contributed by atoms with Crippen molar-refractivity contribution in [3.63, 3.8) is 0 Å². The van der Waals surface area contributed by atoms with Gasteiger partial charge >= 0.3 is 0 Å². The number of ether oxygens (including phenoxy) is 1. The number of amides is 1. The topological polar surface area (TPSA) is 76.4 Å². The fourth-order valence-corrected chi connectivity index (χ4v) is 3.77. The predicted molar refractivity (Wildman–Crippen MR) is 117 cm³/mol. The number of tetrazole rings is 1. The van der Waals surface area contributed by atoms with Crippen molar-refractivity contribution in [2.45, 2.75) is 26.6 Å². The molecule has 162 valence electrons. The molecule has 8 nitrogen and oxygen atoms in total. The Balaban J connectivity index is 1.28. The number of benzene rings is 2. The predicted octanol–water partition coefficient (Wildman–Crippen LogP) is 2.88. The summed E-state index contributed by atoms with van der Waals surface area (Å²) in [5.74, 6) is 1.38. The molecule has 0 aliphatic carbocycles. The van der Waals surface area contributed by atoms with Crippen LogP contribution in [0.3, 0.4) is 0 Å². The van der Waals surface area contributed by atoms with Crippen LogP contribution >= 0.6 is 11.6 Å². The Kier molecular flexibility index (Phi) is 6.79. The minimum atomic E-state index is 0.0406. The van der Waals surface area contributed by atoms with Gasteiger partial charge in [0.15, 0.2) is 5.82 Å². The lowest BCUT2D eigenvalue weighted by molar-refractivity contribution is 0.0628. The average molecular weight is 441 g/mol. The van der Waals surface area contributed by atoms with Crippen LogP contribution in [0.2, 0.25) is 5.02 Å². The first-order valence-corrected chi connectivity index (χ1v) is 10.7. The van der Waals surface area contributed by atoms with Crippen molar-refractivity contribution >= 4 is 17.5 Å². The molecule has 2 heterocycles. The summed E-state index contributed by atoms with van der Waals surface area (Å²) < 4.78 is 7.43. The summed E-state index contributed by atoms with van der Waals surface area (Å²) >= 11 is 6.27. The fourth-order valence-electron chi connectivity index (χ4n) is 3.57. The summed E-state index contributed by atoms with van der Waals surface area (Å²) in [4.78, 5) is 17.1. The number of hydrogen-bond donors (Lipinski definition) is 0. The Labute approximate surface area is 186 Å². The summed E-state index contributed by atoms with van der Waals surface area (Å²) in [6.45, 7) is 6.77. The molecule has 2 aromatic carbocycles. The summed E-state index contributed by atoms with van der Waals surface area (Å²) in [5.41, 5.74) is 1.78. The van der Waals surface area contributed by atoms with E-state index < -0.39 is 0 Å². The third-order valence-corrected chi connectivity index (χ3v) is 5.75. The van der Waals surface area contributed by atoms with E-state index in [9.17, 15) is 4.79 Å². The normalized spacial score (nSPS) is 14.6. The molecule has 31 heavy (non-hydrogen) atoms. The highest BCUT2D eigenvalue weighted by molar-refractivity contribution is 6.31. The van der Waals surface area contributed by atoms with E-state index in [1.165, 1.54) is 0 Å². The van der Waals surface area contributed by atoms with Crippen molar-refractivity contribution in [3.8, 4) is 5.75 Å². The average Bonchev–Trinajstić information content (AvgIpc) is 3.27. The van der Waals surface area contributed by atoms with Gasteiger partial charge < -0.3 is 9.64 Å². The van der Waals surface area contributed by atoms with Crippen LogP contribution in [-0.4, -0.2) is 62.1 Å². The molecule has 3 aromatic rings. The molecule has 0 spiro atoms. The number of aryl methyl sites for hydroxylation is 1. The molecule has 9 heteroatoms. The zero-order valence-corrected chi connectivity index (χ0v) is 18.2. The van der Waals surface area contributed by atoms with E-state index >= 15 is 0 Å². The van der Waals surface area contributed by atoms with Crippen LogP contribution in [0.15, 0.2) is 48.5 Å². The van der Waals surface area contributed by atoms with Crippen molar-refractivity contribution in [1.29, 1.82) is 0 Å². The lowest BCUT2D eigenvalue weighted by atomic mass is 10.1. The molecule has 0 atom stereocenters. The van der Waals surface area contributed by atoms with Gasteiger partial charge in [-0.3, -0.25) is 9.69 Å². The van der Waals surface area contributed by atoms with Crippen LogP contribution in [0.4, 0.5) is 0 Å². The first kappa shape index (κ1) is 21.3.